The first-order chi connectivity index (χ1) is 9.77. The van der Waals surface area contributed by atoms with Crippen molar-refractivity contribution in [2.75, 3.05) is 0 Å². The predicted octanol–water partition coefficient (Wildman–Crippen LogP) is 3.10. The fourth-order valence-electron chi connectivity index (χ4n) is 3.28. The van der Waals surface area contributed by atoms with Gasteiger partial charge < -0.3 is 10.7 Å². The maximum Gasteiger partial charge on any atom is 0.132 e. The fourth-order valence-corrected chi connectivity index (χ4v) is 3.28. The molecule has 0 saturated heterocycles. The zero-order chi connectivity index (χ0) is 13.6. The lowest BCUT2D eigenvalue weighted by molar-refractivity contribution is 0.423. The number of aromatic amines is 1. The van der Waals surface area contributed by atoms with Crippen LogP contribution in [-0.4, -0.2) is 9.97 Å². The molecule has 0 radical (unpaired) electrons. The molecule has 1 aromatic heterocycles. The van der Waals surface area contributed by atoms with Crippen LogP contribution in [0.25, 0.3) is 11.0 Å². The normalized spacial score (nSPS) is 21.9. The molecule has 1 heterocycles. The molecular formula is C17H17N3. The number of hydrogen-bond acceptors (Lipinski definition) is 2. The monoisotopic (exact) mass is 263 g/mol. The topological polar surface area (TPSA) is 54.7 Å². The van der Waals surface area contributed by atoms with E-state index in [1.165, 1.54) is 11.1 Å². The zero-order valence-corrected chi connectivity index (χ0v) is 11.3. The van der Waals surface area contributed by atoms with Gasteiger partial charge in [0.1, 0.15) is 11.4 Å². The van der Waals surface area contributed by atoms with Gasteiger partial charge in [-0.3, -0.25) is 0 Å². The first kappa shape index (κ1) is 11.7. The van der Waals surface area contributed by atoms with Crippen molar-refractivity contribution in [3.05, 3.63) is 65.5 Å². The molecule has 3 heteroatoms. The van der Waals surface area contributed by atoms with E-state index in [9.17, 15) is 0 Å². The SMILES string of the molecule is NC1(c2nc3ccccc3[nH]2)CCCc2ccccc21. The summed E-state index contributed by atoms with van der Waals surface area (Å²) >= 11 is 0. The van der Waals surface area contributed by atoms with E-state index in [-0.39, 0.29) is 0 Å². The highest BCUT2D eigenvalue weighted by molar-refractivity contribution is 5.75. The second kappa shape index (κ2) is 4.18. The van der Waals surface area contributed by atoms with E-state index in [1.54, 1.807) is 0 Å². The summed E-state index contributed by atoms with van der Waals surface area (Å²) in [6.07, 6.45) is 3.14. The van der Waals surface area contributed by atoms with Gasteiger partial charge in [-0.15, -0.1) is 0 Å². The van der Waals surface area contributed by atoms with Crippen LogP contribution in [-0.2, 0) is 12.0 Å². The molecule has 3 nitrogen and oxygen atoms in total. The Hall–Kier alpha value is -2.13. The van der Waals surface area contributed by atoms with Gasteiger partial charge in [-0.2, -0.15) is 0 Å². The molecule has 3 aromatic rings. The Labute approximate surface area is 117 Å². The van der Waals surface area contributed by atoms with Gasteiger partial charge in [-0.1, -0.05) is 36.4 Å². The van der Waals surface area contributed by atoms with Crippen LogP contribution in [0.5, 0.6) is 0 Å². The summed E-state index contributed by atoms with van der Waals surface area (Å²) in [5.41, 5.74) is 10.9. The number of nitrogens with one attached hydrogen (secondary N) is 1. The molecule has 0 aliphatic heterocycles. The molecule has 0 bridgehead atoms. The molecule has 4 rings (SSSR count). The van der Waals surface area contributed by atoms with E-state index in [0.717, 1.165) is 36.1 Å². The van der Waals surface area contributed by atoms with Gasteiger partial charge in [-0.05, 0) is 42.5 Å². The quantitative estimate of drug-likeness (QED) is 0.709. The number of nitrogens with two attached hydrogens (primary N) is 1. The maximum absolute atomic E-state index is 6.76. The number of H-pyrrole nitrogens is 1. The smallest absolute Gasteiger partial charge is 0.132 e. The minimum Gasteiger partial charge on any atom is -0.340 e. The number of para-hydroxylation sites is 2. The number of benzene rings is 2. The highest BCUT2D eigenvalue weighted by Gasteiger charge is 2.36. The van der Waals surface area contributed by atoms with E-state index >= 15 is 0 Å². The summed E-state index contributed by atoms with van der Waals surface area (Å²) in [6.45, 7) is 0. The Morgan fingerprint density at radius 3 is 2.75 bits per heavy atom. The molecule has 1 atom stereocenters. The summed E-state index contributed by atoms with van der Waals surface area (Å²) in [6, 6.07) is 16.6. The van der Waals surface area contributed by atoms with Crippen LogP contribution >= 0.6 is 0 Å². The molecule has 0 fully saturated rings. The molecule has 3 N–H and O–H groups in total. The summed E-state index contributed by atoms with van der Waals surface area (Å²) in [5, 5.41) is 0. The zero-order valence-electron chi connectivity index (χ0n) is 11.3. The van der Waals surface area contributed by atoms with Crippen molar-refractivity contribution in [1.82, 2.24) is 9.97 Å². The molecule has 1 unspecified atom stereocenters. The minimum atomic E-state index is -0.492. The molecule has 0 spiro atoms. The Bertz CT molecular complexity index is 742. The Kier molecular flexibility index (Phi) is 2.44. The molecule has 0 amide bonds. The number of nitrogens with zero attached hydrogens (tertiary/aromatic N) is 1. The first-order valence-electron chi connectivity index (χ1n) is 7.10. The second-order valence-corrected chi connectivity index (χ2v) is 5.58. The molecule has 1 aliphatic rings. The Morgan fingerprint density at radius 1 is 1.05 bits per heavy atom. The average Bonchev–Trinajstić information content (AvgIpc) is 2.92. The molecule has 1 aliphatic carbocycles. The summed E-state index contributed by atoms with van der Waals surface area (Å²) in [4.78, 5) is 8.14. The summed E-state index contributed by atoms with van der Waals surface area (Å²) in [7, 11) is 0. The van der Waals surface area contributed by atoms with Gasteiger partial charge in [0.15, 0.2) is 0 Å². The Morgan fingerprint density at radius 2 is 1.85 bits per heavy atom. The molecule has 2 aromatic carbocycles. The van der Waals surface area contributed by atoms with Gasteiger partial charge in [0.05, 0.1) is 11.0 Å². The van der Waals surface area contributed by atoms with Crippen molar-refractivity contribution in [2.45, 2.75) is 24.8 Å². The van der Waals surface area contributed by atoms with Gasteiger partial charge in [-0.25, -0.2) is 4.98 Å². The van der Waals surface area contributed by atoms with Crippen molar-refractivity contribution < 1.29 is 0 Å². The lowest BCUT2D eigenvalue weighted by Gasteiger charge is -2.34. The van der Waals surface area contributed by atoms with Gasteiger partial charge >= 0.3 is 0 Å². The predicted molar refractivity (Wildman–Crippen MR) is 80.4 cm³/mol. The first-order valence-corrected chi connectivity index (χ1v) is 7.10. The highest BCUT2D eigenvalue weighted by atomic mass is 15.0. The van der Waals surface area contributed by atoms with Crippen LogP contribution in [0.15, 0.2) is 48.5 Å². The van der Waals surface area contributed by atoms with Gasteiger partial charge in [0.2, 0.25) is 0 Å². The maximum atomic E-state index is 6.76. The van der Waals surface area contributed by atoms with Crippen molar-refractivity contribution in [2.24, 2.45) is 5.73 Å². The van der Waals surface area contributed by atoms with Crippen molar-refractivity contribution >= 4 is 11.0 Å². The third kappa shape index (κ3) is 1.60. The van der Waals surface area contributed by atoms with Gasteiger partial charge in [0, 0.05) is 0 Å². The van der Waals surface area contributed by atoms with Crippen LogP contribution in [0, 0.1) is 0 Å². The van der Waals surface area contributed by atoms with Crippen LogP contribution in [0.2, 0.25) is 0 Å². The van der Waals surface area contributed by atoms with Crippen molar-refractivity contribution in [1.29, 1.82) is 0 Å². The second-order valence-electron chi connectivity index (χ2n) is 5.58. The van der Waals surface area contributed by atoms with E-state index in [1.807, 2.05) is 24.3 Å². The van der Waals surface area contributed by atoms with Crippen LogP contribution in [0.3, 0.4) is 0 Å². The van der Waals surface area contributed by atoms with Crippen molar-refractivity contribution in [3.8, 4) is 0 Å². The third-order valence-corrected chi connectivity index (χ3v) is 4.33. The lowest BCUT2D eigenvalue weighted by Crippen LogP contribution is -2.42. The molecule has 100 valence electrons. The highest BCUT2D eigenvalue weighted by Crippen LogP contribution is 2.37. The third-order valence-electron chi connectivity index (χ3n) is 4.33. The number of rotatable bonds is 1. The number of fused-ring (bicyclic) bond motifs is 2. The van der Waals surface area contributed by atoms with E-state index < -0.39 is 5.54 Å². The lowest BCUT2D eigenvalue weighted by atomic mass is 9.77. The fraction of sp³-hybridized carbons (Fsp3) is 0.235. The van der Waals surface area contributed by atoms with Crippen LogP contribution in [0.1, 0.15) is 29.8 Å². The standard InChI is InChI=1S/C17H17N3/c18-17(11-5-7-12-6-1-2-8-13(12)17)16-19-14-9-3-4-10-15(14)20-16/h1-4,6,8-10H,5,7,11,18H2,(H,19,20). The van der Waals surface area contributed by atoms with Gasteiger partial charge in [0.25, 0.3) is 0 Å². The molecule has 20 heavy (non-hydrogen) atoms. The molecular weight excluding hydrogens is 246 g/mol. The number of aryl methyl sites for hydroxylation is 1. The van der Waals surface area contributed by atoms with Crippen LogP contribution < -0.4 is 5.73 Å². The number of hydrogen-bond donors (Lipinski definition) is 2. The average molecular weight is 263 g/mol. The summed E-state index contributed by atoms with van der Waals surface area (Å²) < 4.78 is 0. The van der Waals surface area contributed by atoms with Crippen LogP contribution in [0.4, 0.5) is 0 Å². The Balaban J connectivity index is 1.92. The largest absolute Gasteiger partial charge is 0.340 e. The van der Waals surface area contributed by atoms with E-state index in [0.29, 0.717) is 0 Å². The minimum absolute atomic E-state index is 0.492. The number of aromatic nitrogens is 2. The molecule has 0 saturated carbocycles. The van der Waals surface area contributed by atoms with Crippen molar-refractivity contribution in [3.63, 3.8) is 0 Å². The van der Waals surface area contributed by atoms with E-state index in [2.05, 4.69) is 29.2 Å². The summed E-state index contributed by atoms with van der Waals surface area (Å²) in [5.74, 6) is 0.880. The number of imidazole rings is 1. The van der Waals surface area contributed by atoms with E-state index in [4.69, 9.17) is 10.7 Å².